The molecular formula is C22H18N4O2. The number of rotatable bonds is 4. The molecule has 2 aromatic carbocycles. The number of hydrogen-bond acceptors (Lipinski definition) is 4. The van der Waals surface area contributed by atoms with E-state index in [0.717, 1.165) is 16.7 Å². The predicted molar refractivity (Wildman–Crippen MR) is 106 cm³/mol. The number of aryl methyl sites for hydroxylation is 1. The first-order valence-corrected chi connectivity index (χ1v) is 8.88. The molecule has 0 spiro atoms. The lowest BCUT2D eigenvalue weighted by molar-refractivity contribution is 0.283. The zero-order valence-corrected chi connectivity index (χ0v) is 15.3. The van der Waals surface area contributed by atoms with E-state index in [-0.39, 0.29) is 12.2 Å². The maximum atomic E-state index is 13.1. The van der Waals surface area contributed by atoms with Gasteiger partial charge in [-0.3, -0.25) is 4.79 Å². The van der Waals surface area contributed by atoms with Crippen LogP contribution in [0.25, 0.3) is 16.8 Å². The molecule has 0 aliphatic carbocycles. The molecule has 0 amide bonds. The molecule has 6 nitrogen and oxygen atoms in total. The van der Waals surface area contributed by atoms with Crippen LogP contribution in [0, 0.1) is 18.3 Å². The lowest BCUT2D eigenvalue weighted by atomic mass is 10.1. The summed E-state index contributed by atoms with van der Waals surface area (Å²) in [5.41, 5.74) is 4.75. The minimum Gasteiger partial charge on any atom is -0.392 e. The molecule has 0 aliphatic rings. The Labute approximate surface area is 161 Å². The van der Waals surface area contributed by atoms with E-state index < -0.39 is 0 Å². The lowest BCUT2D eigenvalue weighted by Gasteiger charge is -2.07. The van der Waals surface area contributed by atoms with E-state index in [4.69, 9.17) is 5.26 Å². The van der Waals surface area contributed by atoms with Crippen LogP contribution >= 0.6 is 0 Å². The normalized spacial score (nSPS) is 10.9. The zero-order chi connectivity index (χ0) is 19.7. The van der Waals surface area contributed by atoms with Gasteiger partial charge in [-0.25, -0.2) is 4.52 Å². The Morgan fingerprint density at radius 1 is 1.07 bits per heavy atom. The first-order chi connectivity index (χ1) is 13.6. The number of aliphatic hydroxyl groups excluding tert-OH is 1. The summed E-state index contributed by atoms with van der Waals surface area (Å²) in [4.78, 5) is 13.1. The molecule has 0 radical (unpaired) electrons. The van der Waals surface area contributed by atoms with Gasteiger partial charge in [0, 0.05) is 23.5 Å². The van der Waals surface area contributed by atoms with Crippen LogP contribution in [-0.2, 0) is 13.2 Å². The van der Waals surface area contributed by atoms with Gasteiger partial charge in [-0.05, 0) is 24.6 Å². The van der Waals surface area contributed by atoms with Gasteiger partial charge in [-0.1, -0.05) is 42.0 Å². The fourth-order valence-electron chi connectivity index (χ4n) is 3.25. The first kappa shape index (κ1) is 17.7. The average Bonchev–Trinajstić information content (AvgIpc) is 3.10. The number of nitrogens with zero attached hydrogens (tertiary/aromatic N) is 4. The molecule has 4 aromatic rings. The Bertz CT molecular complexity index is 1240. The van der Waals surface area contributed by atoms with Crippen molar-refractivity contribution in [3.63, 3.8) is 0 Å². The fourth-order valence-corrected chi connectivity index (χ4v) is 3.25. The van der Waals surface area contributed by atoms with Crippen LogP contribution in [-0.4, -0.2) is 19.3 Å². The van der Waals surface area contributed by atoms with Gasteiger partial charge in [0.15, 0.2) is 0 Å². The van der Waals surface area contributed by atoms with Gasteiger partial charge in [-0.2, -0.15) is 10.4 Å². The third-order valence-electron chi connectivity index (χ3n) is 4.78. The van der Waals surface area contributed by atoms with Crippen molar-refractivity contribution in [2.75, 3.05) is 0 Å². The highest BCUT2D eigenvalue weighted by Crippen LogP contribution is 2.25. The molecule has 4 rings (SSSR count). The van der Waals surface area contributed by atoms with E-state index in [1.54, 1.807) is 29.1 Å². The second-order valence-corrected chi connectivity index (χ2v) is 6.68. The van der Waals surface area contributed by atoms with E-state index in [9.17, 15) is 9.90 Å². The molecule has 6 heteroatoms. The second kappa shape index (κ2) is 7.14. The van der Waals surface area contributed by atoms with Gasteiger partial charge < -0.3 is 9.67 Å². The minimum absolute atomic E-state index is 0.221. The van der Waals surface area contributed by atoms with E-state index in [2.05, 4.69) is 11.2 Å². The topological polar surface area (TPSA) is 83.3 Å². The molecule has 138 valence electrons. The van der Waals surface area contributed by atoms with Crippen LogP contribution in [0.5, 0.6) is 0 Å². The van der Waals surface area contributed by atoms with Gasteiger partial charge >= 0.3 is 0 Å². The Kier molecular flexibility index (Phi) is 4.52. The molecule has 0 aliphatic heterocycles. The second-order valence-electron chi connectivity index (χ2n) is 6.68. The molecule has 0 fully saturated rings. The summed E-state index contributed by atoms with van der Waals surface area (Å²) < 4.78 is 3.11. The van der Waals surface area contributed by atoms with E-state index >= 15 is 0 Å². The summed E-state index contributed by atoms with van der Waals surface area (Å²) >= 11 is 0. The molecule has 28 heavy (non-hydrogen) atoms. The molecule has 2 heterocycles. The summed E-state index contributed by atoms with van der Waals surface area (Å²) in [6.45, 7) is 2.10. The molecule has 0 bridgehead atoms. The standard InChI is InChI=1S/C22H18N4O2/c1-15-2-8-18(9-3-15)20-19(14-27)21-22(28)25(10-11-26(21)24-20)13-17-6-4-16(12-23)5-7-17/h2-11,27H,13-14H2,1H3. The smallest absolute Gasteiger partial charge is 0.277 e. The molecule has 0 unspecified atom stereocenters. The maximum absolute atomic E-state index is 13.1. The van der Waals surface area contributed by atoms with Gasteiger partial charge in [0.1, 0.15) is 5.52 Å². The van der Waals surface area contributed by atoms with Crippen LogP contribution in [0.2, 0.25) is 0 Å². The minimum atomic E-state index is -0.275. The highest BCUT2D eigenvalue weighted by molar-refractivity contribution is 5.72. The van der Waals surface area contributed by atoms with Gasteiger partial charge in [0.05, 0.1) is 30.5 Å². The average molecular weight is 370 g/mol. The van der Waals surface area contributed by atoms with Gasteiger partial charge in [0.2, 0.25) is 0 Å². The first-order valence-electron chi connectivity index (χ1n) is 8.88. The number of benzene rings is 2. The van der Waals surface area contributed by atoms with Gasteiger partial charge in [0.25, 0.3) is 5.56 Å². The van der Waals surface area contributed by atoms with Crippen LogP contribution in [0.15, 0.2) is 65.7 Å². The quantitative estimate of drug-likeness (QED) is 0.599. The van der Waals surface area contributed by atoms with Crippen LogP contribution in [0.3, 0.4) is 0 Å². The summed E-state index contributed by atoms with van der Waals surface area (Å²) in [7, 11) is 0. The third kappa shape index (κ3) is 3.08. The maximum Gasteiger partial charge on any atom is 0.277 e. The number of aromatic nitrogens is 3. The molecule has 2 aromatic heterocycles. The third-order valence-corrected chi connectivity index (χ3v) is 4.78. The van der Waals surface area contributed by atoms with E-state index in [1.807, 2.05) is 43.3 Å². The summed E-state index contributed by atoms with van der Waals surface area (Å²) in [6, 6.07) is 17.0. The lowest BCUT2D eigenvalue weighted by Crippen LogP contribution is -2.22. The van der Waals surface area contributed by atoms with Crippen LogP contribution < -0.4 is 5.56 Å². The van der Waals surface area contributed by atoms with Crippen LogP contribution in [0.4, 0.5) is 0 Å². The molecule has 0 saturated carbocycles. The number of nitriles is 1. The van der Waals surface area contributed by atoms with Gasteiger partial charge in [-0.15, -0.1) is 0 Å². The van der Waals surface area contributed by atoms with Crippen molar-refractivity contribution in [1.82, 2.24) is 14.2 Å². The predicted octanol–water partition coefficient (Wildman–Crippen LogP) is 2.88. The van der Waals surface area contributed by atoms with E-state index in [1.165, 1.54) is 4.52 Å². The van der Waals surface area contributed by atoms with Crippen LogP contribution in [0.1, 0.15) is 22.3 Å². The molecule has 0 atom stereocenters. The SMILES string of the molecule is Cc1ccc(-c2nn3ccn(Cc4ccc(C#N)cc4)c(=O)c3c2CO)cc1. The molecule has 1 N–H and O–H groups in total. The van der Waals surface area contributed by atoms with Crippen molar-refractivity contribution in [3.05, 3.63) is 93.5 Å². The van der Waals surface area contributed by atoms with Crippen molar-refractivity contribution >= 4 is 5.52 Å². The van der Waals surface area contributed by atoms with E-state index in [0.29, 0.717) is 28.9 Å². The Morgan fingerprint density at radius 3 is 2.43 bits per heavy atom. The highest BCUT2D eigenvalue weighted by Gasteiger charge is 2.17. The fraction of sp³-hybridized carbons (Fsp3) is 0.136. The summed E-state index contributed by atoms with van der Waals surface area (Å²) in [6.07, 6.45) is 3.40. The zero-order valence-electron chi connectivity index (χ0n) is 15.3. The van der Waals surface area contributed by atoms with Crippen molar-refractivity contribution in [2.24, 2.45) is 0 Å². The summed E-state index contributed by atoms with van der Waals surface area (Å²) in [5.74, 6) is 0. The molecular weight excluding hydrogens is 352 g/mol. The van der Waals surface area contributed by atoms with Crippen molar-refractivity contribution in [1.29, 1.82) is 5.26 Å². The Morgan fingerprint density at radius 2 is 1.79 bits per heavy atom. The Hall–Kier alpha value is -3.69. The Balaban J connectivity index is 1.80. The highest BCUT2D eigenvalue weighted by atomic mass is 16.3. The monoisotopic (exact) mass is 370 g/mol. The van der Waals surface area contributed by atoms with Crippen molar-refractivity contribution in [3.8, 4) is 17.3 Å². The van der Waals surface area contributed by atoms with Crippen molar-refractivity contribution in [2.45, 2.75) is 20.1 Å². The number of fused-ring (bicyclic) bond motifs is 1. The summed E-state index contributed by atoms with van der Waals surface area (Å²) in [5, 5.41) is 23.4. The van der Waals surface area contributed by atoms with Crippen molar-refractivity contribution < 1.29 is 5.11 Å². The largest absolute Gasteiger partial charge is 0.392 e. The number of aliphatic hydroxyl groups is 1. The number of hydrogen-bond donors (Lipinski definition) is 1. The molecule has 0 saturated heterocycles.